The third-order valence-corrected chi connectivity index (χ3v) is 9.74. The lowest BCUT2D eigenvalue weighted by molar-refractivity contribution is 0.0860. The molecule has 1 saturated heterocycles. The minimum absolute atomic E-state index is 0.0705. The van der Waals surface area contributed by atoms with E-state index in [-0.39, 0.29) is 11.9 Å². The highest BCUT2D eigenvalue weighted by Gasteiger charge is 2.43. The molecule has 3 nitrogen and oxygen atoms in total. The molecule has 1 aromatic rings. The molecule has 1 aliphatic heterocycles. The Kier molecular flexibility index (Phi) is 7.40. The fraction of sp³-hybridized carbons (Fsp3) is 0.650. The highest BCUT2D eigenvalue weighted by atomic mass is 79.9. The lowest BCUT2D eigenvalue weighted by atomic mass is 9.88. The van der Waals surface area contributed by atoms with Gasteiger partial charge in [-0.2, -0.15) is 0 Å². The van der Waals surface area contributed by atoms with Gasteiger partial charge in [0.2, 0.25) is 0 Å². The molecule has 1 aromatic carbocycles. The van der Waals surface area contributed by atoms with E-state index in [1.165, 1.54) is 31.5 Å². The van der Waals surface area contributed by atoms with Crippen molar-refractivity contribution in [2.75, 3.05) is 25.6 Å². The van der Waals surface area contributed by atoms with E-state index in [2.05, 4.69) is 38.7 Å². The van der Waals surface area contributed by atoms with Crippen molar-refractivity contribution in [2.24, 2.45) is 0 Å². The molecule has 1 N–H and O–H groups in total. The van der Waals surface area contributed by atoms with Gasteiger partial charge < -0.3 is 5.32 Å². The Morgan fingerprint density at radius 2 is 1.88 bits per heavy atom. The van der Waals surface area contributed by atoms with Crippen LogP contribution in [0, 0.1) is 0 Å². The lowest BCUT2D eigenvalue weighted by Crippen LogP contribution is -2.56. The van der Waals surface area contributed by atoms with Crippen molar-refractivity contribution in [3.05, 3.63) is 35.4 Å². The highest BCUT2D eigenvalue weighted by molar-refractivity contribution is 9.08. The number of nitrogens with zero attached hydrogens (tertiary/aromatic N) is 1. The van der Waals surface area contributed by atoms with Gasteiger partial charge in [0, 0.05) is 23.0 Å². The summed E-state index contributed by atoms with van der Waals surface area (Å²) in [6.45, 7) is 2.35. The smallest absolute Gasteiger partial charge is 0.251 e. The summed E-state index contributed by atoms with van der Waals surface area (Å²) in [7, 11) is 0. The van der Waals surface area contributed by atoms with Gasteiger partial charge in [-0.15, -0.1) is 23.5 Å². The maximum absolute atomic E-state index is 12.8. The van der Waals surface area contributed by atoms with E-state index >= 15 is 0 Å². The molecule has 0 bridgehead atoms. The van der Waals surface area contributed by atoms with E-state index < -0.39 is 0 Å². The summed E-state index contributed by atoms with van der Waals surface area (Å²) in [4.78, 5) is 15.4. The number of hydrogen-bond acceptors (Lipinski definition) is 4. The molecule has 1 saturated carbocycles. The molecule has 26 heavy (non-hydrogen) atoms. The number of amides is 1. The SMILES string of the molecule is CSC1(SC)CCC(NC(=O)c2ccc(CBr)cc2)C(N2CCCC2)C1. The predicted molar refractivity (Wildman–Crippen MR) is 119 cm³/mol. The number of halogens is 1. The fourth-order valence-electron chi connectivity index (χ4n) is 4.21. The molecule has 3 rings (SSSR count). The average Bonchev–Trinajstić information content (AvgIpc) is 3.23. The maximum Gasteiger partial charge on any atom is 0.251 e. The molecule has 2 aliphatic rings. The monoisotopic (exact) mass is 456 g/mol. The van der Waals surface area contributed by atoms with Gasteiger partial charge >= 0.3 is 0 Å². The third-order valence-electron chi connectivity index (χ3n) is 5.86. The van der Waals surface area contributed by atoms with Crippen LogP contribution in [0.3, 0.4) is 0 Å². The summed E-state index contributed by atoms with van der Waals surface area (Å²) < 4.78 is 0.298. The van der Waals surface area contributed by atoms with Crippen LogP contribution in [-0.4, -0.2) is 52.6 Å². The number of carbonyl (C=O) groups is 1. The molecule has 6 heteroatoms. The van der Waals surface area contributed by atoms with Crippen molar-refractivity contribution in [2.45, 2.75) is 53.6 Å². The number of benzene rings is 1. The van der Waals surface area contributed by atoms with Crippen molar-refractivity contribution in [1.82, 2.24) is 10.2 Å². The first-order valence-electron chi connectivity index (χ1n) is 9.41. The van der Waals surface area contributed by atoms with Gasteiger partial charge in [0.1, 0.15) is 0 Å². The van der Waals surface area contributed by atoms with Crippen LogP contribution in [-0.2, 0) is 5.33 Å². The number of thioether (sulfide) groups is 2. The molecule has 2 fully saturated rings. The second kappa shape index (κ2) is 9.35. The summed E-state index contributed by atoms with van der Waals surface area (Å²) in [5.41, 5.74) is 1.96. The van der Waals surface area contributed by atoms with Gasteiger partial charge in [-0.3, -0.25) is 9.69 Å². The fourth-order valence-corrected chi connectivity index (χ4v) is 6.57. The van der Waals surface area contributed by atoms with Crippen LogP contribution in [0.2, 0.25) is 0 Å². The van der Waals surface area contributed by atoms with E-state index in [0.29, 0.717) is 10.1 Å². The van der Waals surface area contributed by atoms with Gasteiger partial charge in [-0.25, -0.2) is 0 Å². The van der Waals surface area contributed by atoms with Crippen molar-refractivity contribution < 1.29 is 4.79 Å². The summed E-state index contributed by atoms with van der Waals surface area (Å²) >= 11 is 7.45. The highest BCUT2D eigenvalue weighted by Crippen LogP contribution is 2.47. The zero-order valence-electron chi connectivity index (χ0n) is 15.7. The van der Waals surface area contributed by atoms with E-state index in [9.17, 15) is 4.79 Å². The minimum Gasteiger partial charge on any atom is -0.348 e. The van der Waals surface area contributed by atoms with Gasteiger partial charge in [0.05, 0.1) is 4.08 Å². The van der Waals surface area contributed by atoms with Crippen LogP contribution < -0.4 is 5.32 Å². The molecule has 0 radical (unpaired) electrons. The molecule has 1 aliphatic carbocycles. The van der Waals surface area contributed by atoms with Crippen LogP contribution >= 0.6 is 39.5 Å². The number of carbonyl (C=O) groups excluding carboxylic acids is 1. The van der Waals surface area contributed by atoms with E-state index in [1.54, 1.807) is 0 Å². The lowest BCUT2D eigenvalue weighted by Gasteiger charge is -2.46. The Morgan fingerprint density at radius 3 is 2.46 bits per heavy atom. The summed E-state index contributed by atoms with van der Waals surface area (Å²) in [6.07, 6.45) is 10.4. The second-order valence-corrected chi connectivity index (χ2v) is 10.5. The summed E-state index contributed by atoms with van der Waals surface area (Å²) in [5, 5.41) is 4.19. The number of hydrogen-bond donors (Lipinski definition) is 1. The van der Waals surface area contributed by atoms with Gasteiger partial charge in [0.15, 0.2) is 0 Å². The van der Waals surface area contributed by atoms with Crippen LogP contribution in [0.5, 0.6) is 0 Å². The normalized spacial score (nSPS) is 26.0. The number of rotatable bonds is 6. The van der Waals surface area contributed by atoms with Crippen LogP contribution in [0.1, 0.15) is 48.0 Å². The maximum atomic E-state index is 12.8. The summed E-state index contributed by atoms with van der Waals surface area (Å²) in [5.74, 6) is 0.0705. The molecule has 0 aromatic heterocycles. The Morgan fingerprint density at radius 1 is 1.23 bits per heavy atom. The van der Waals surface area contributed by atoms with E-state index in [4.69, 9.17) is 0 Å². The first kappa shape index (κ1) is 20.6. The first-order chi connectivity index (χ1) is 12.6. The molecule has 2 atom stereocenters. The minimum atomic E-state index is 0.0705. The number of nitrogens with one attached hydrogen (secondary N) is 1. The first-order valence-corrected chi connectivity index (χ1v) is 13.0. The van der Waals surface area contributed by atoms with Crippen molar-refractivity contribution in [3.8, 4) is 0 Å². The van der Waals surface area contributed by atoms with Gasteiger partial charge in [-0.05, 0) is 75.4 Å². The quantitative estimate of drug-likeness (QED) is 0.494. The van der Waals surface area contributed by atoms with E-state index in [0.717, 1.165) is 30.2 Å². The molecular weight excluding hydrogens is 428 g/mol. The Bertz CT molecular complexity index is 600. The largest absolute Gasteiger partial charge is 0.348 e. The predicted octanol–water partition coefficient (Wildman–Crippen LogP) is 4.75. The van der Waals surface area contributed by atoms with Gasteiger partial charge in [-0.1, -0.05) is 28.1 Å². The number of likely N-dealkylation sites (tertiary alicyclic amines) is 1. The number of alkyl halides is 1. The molecule has 1 amide bonds. The van der Waals surface area contributed by atoms with Crippen LogP contribution in [0.15, 0.2) is 24.3 Å². The standard InChI is InChI=1S/C20H29BrN2OS2/c1-25-20(26-2)10-9-17(18(13-20)23-11-3-4-12-23)22-19(24)16-7-5-15(14-21)6-8-16/h5-8,17-18H,3-4,9-14H2,1-2H3,(H,22,24). The zero-order chi connectivity index (χ0) is 18.6. The molecule has 0 spiro atoms. The van der Waals surface area contributed by atoms with Crippen LogP contribution in [0.25, 0.3) is 0 Å². The van der Waals surface area contributed by atoms with Gasteiger partial charge in [0.25, 0.3) is 5.91 Å². The Balaban J connectivity index is 1.72. The molecule has 2 unspecified atom stereocenters. The second-order valence-electron chi connectivity index (χ2n) is 7.28. The third kappa shape index (κ3) is 4.62. The molecular formula is C20H29BrN2OS2. The van der Waals surface area contributed by atoms with Crippen molar-refractivity contribution >= 4 is 45.4 Å². The Hall–Kier alpha value is -0.170. The Labute approximate surface area is 174 Å². The summed E-state index contributed by atoms with van der Waals surface area (Å²) in [6, 6.07) is 8.63. The zero-order valence-corrected chi connectivity index (χ0v) is 18.9. The van der Waals surface area contributed by atoms with Crippen molar-refractivity contribution in [3.63, 3.8) is 0 Å². The van der Waals surface area contributed by atoms with E-state index in [1.807, 2.05) is 47.8 Å². The average molecular weight is 458 g/mol. The molecule has 1 heterocycles. The van der Waals surface area contributed by atoms with Crippen LogP contribution in [0.4, 0.5) is 0 Å². The van der Waals surface area contributed by atoms with Crippen molar-refractivity contribution in [1.29, 1.82) is 0 Å². The topological polar surface area (TPSA) is 32.3 Å². The molecule has 144 valence electrons.